The van der Waals surface area contributed by atoms with Gasteiger partial charge in [0.2, 0.25) is 0 Å². The number of nitrogens with one attached hydrogen (secondary N) is 1. The highest BCUT2D eigenvalue weighted by atomic mass is 16.5. The van der Waals surface area contributed by atoms with Crippen molar-refractivity contribution in [3.8, 4) is 0 Å². The standard InChI is InChI=1S/C5H7NO4/c1-2-10-4(7)3-6-5(8)9/h2,6H,1,3H2,(H,8,9). The molecule has 0 aromatic rings. The van der Waals surface area contributed by atoms with Crippen molar-refractivity contribution in [3.05, 3.63) is 12.8 Å². The van der Waals surface area contributed by atoms with Gasteiger partial charge in [0.05, 0.1) is 6.26 Å². The number of esters is 1. The molecule has 0 saturated carbocycles. The fourth-order valence-electron chi connectivity index (χ4n) is 0.282. The molecule has 1 amide bonds. The molecule has 10 heavy (non-hydrogen) atoms. The fourth-order valence-corrected chi connectivity index (χ4v) is 0.282. The zero-order valence-corrected chi connectivity index (χ0v) is 5.16. The second kappa shape index (κ2) is 4.37. The lowest BCUT2D eigenvalue weighted by molar-refractivity contribution is -0.136. The summed E-state index contributed by atoms with van der Waals surface area (Å²) in [6.07, 6.45) is -0.327. The van der Waals surface area contributed by atoms with Gasteiger partial charge in [-0.2, -0.15) is 0 Å². The van der Waals surface area contributed by atoms with Crippen molar-refractivity contribution in [1.29, 1.82) is 0 Å². The lowest BCUT2D eigenvalue weighted by atomic mass is 10.6. The zero-order valence-electron chi connectivity index (χ0n) is 5.16. The first-order valence-corrected chi connectivity index (χ1v) is 2.44. The lowest BCUT2D eigenvalue weighted by Crippen LogP contribution is -2.28. The Morgan fingerprint density at radius 1 is 1.70 bits per heavy atom. The molecule has 0 spiro atoms. The van der Waals surface area contributed by atoms with Gasteiger partial charge in [0, 0.05) is 0 Å². The maximum Gasteiger partial charge on any atom is 0.405 e. The number of carboxylic acid groups (broad SMARTS) is 1. The number of amides is 1. The van der Waals surface area contributed by atoms with Crippen LogP contribution in [0.15, 0.2) is 12.8 Å². The van der Waals surface area contributed by atoms with Gasteiger partial charge in [-0.25, -0.2) is 9.59 Å². The second-order valence-corrected chi connectivity index (χ2v) is 1.32. The molecule has 5 nitrogen and oxygen atoms in total. The molecule has 0 aliphatic rings. The van der Waals surface area contributed by atoms with Crippen LogP contribution in [0.1, 0.15) is 0 Å². The van der Waals surface area contributed by atoms with Crippen molar-refractivity contribution in [2.45, 2.75) is 0 Å². The summed E-state index contributed by atoms with van der Waals surface area (Å²) in [6, 6.07) is 0. The number of ether oxygens (including phenoxy) is 1. The largest absolute Gasteiger partial charge is 0.465 e. The number of carbonyl (C=O) groups excluding carboxylic acids is 1. The third-order valence-electron chi connectivity index (χ3n) is 0.599. The number of rotatable bonds is 3. The van der Waals surface area contributed by atoms with Crippen LogP contribution in [0.3, 0.4) is 0 Å². The number of carbonyl (C=O) groups is 2. The Balaban J connectivity index is 3.39. The fraction of sp³-hybridized carbons (Fsp3) is 0.200. The van der Waals surface area contributed by atoms with Crippen molar-refractivity contribution in [2.24, 2.45) is 0 Å². The van der Waals surface area contributed by atoms with Gasteiger partial charge >= 0.3 is 12.1 Å². The summed E-state index contributed by atoms with van der Waals surface area (Å²) in [5, 5.41) is 9.81. The van der Waals surface area contributed by atoms with Crippen LogP contribution in [-0.4, -0.2) is 23.7 Å². The highest BCUT2D eigenvalue weighted by Gasteiger charge is 2.01. The van der Waals surface area contributed by atoms with E-state index in [0.29, 0.717) is 0 Å². The Hall–Kier alpha value is -1.52. The van der Waals surface area contributed by atoms with Gasteiger partial charge < -0.3 is 15.2 Å². The monoisotopic (exact) mass is 145 g/mol. The Labute approximate surface area is 57.3 Å². The molecule has 0 saturated heterocycles. The average molecular weight is 145 g/mol. The first kappa shape index (κ1) is 8.48. The summed E-state index contributed by atoms with van der Waals surface area (Å²) in [5.41, 5.74) is 0. The van der Waals surface area contributed by atoms with Gasteiger partial charge in [-0.1, -0.05) is 6.58 Å². The number of hydrogen-bond acceptors (Lipinski definition) is 3. The Kier molecular flexibility index (Phi) is 3.70. The summed E-state index contributed by atoms with van der Waals surface area (Å²) < 4.78 is 4.19. The van der Waals surface area contributed by atoms with Crippen LogP contribution in [0.25, 0.3) is 0 Å². The van der Waals surface area contributed by atoms with Gasteiger partial charge in [-0.15, -0.1) is 0 Å². The van der Waals surface area contributed by atoms with E-state index in [9.17, 15) is 9.59 Å². The summed E-state index contributed by atoms with van der Waals surface area (Å²) in [7, 11) is 0. The normalized spacial score (nSPS) is 8.00. The van der Waals surface area contributed by atoms with Crippen LogP contribution in [0.2, 0.25) is 0 Å². The first-order chi connectivity index (χ1) is 4.66. The van der Waals surface area contributed by atoms with E-state index in [1.54, 1.807) is 0 Å². The molecule has 0 atom stereocenters. The minimum absolute atomic E-state index is 0.360. The zero-order chi connectivity index (χ0) is 7.98. The molecule has 5 heteroatoms. The molecular formula is C5H7NO4. The summed E-state index contributed by atoms with van der Waals surface area (Å²) >= 11 is 0. The molecule has 0 aromatic heterocycles. The molecule has 0 aliphatic heterocycles. The van der Waals surface area contributed by atoms with E-state index in [2.05, 4.69) is 11.3 Å². The molecule has 0 rings (SSSR count). The third kappa shape index (κ3) is 4.63. The SMILES string of the molecule is C=COC(=O)CNC(=O)O. The molecule has 56 valence electrons. The Morgan fingerprint density at radius 2 is 2.30 bits per heavy atom. The Bertz CT molecular complexity index is 154. The van der Waals surface area contributed by atoms with E-state index < -0.39 is 12.1 Å². The predicted molar refractivity (Wildman–Crippen MR) is 32.3 cm³/mol. The molecule has 0 aliphatic carbocycles. The quantitative estimate of drug-likeness (QED) is 0.431. The predicted octanol–water partition coefficient (Wildman–Crippen LogP) is -0.0593. The maximum atomic E-state index is 10.3. The molecule has 0 fully saturated rings. The van der Waals surface area contributed by atoms with E-state index in [0.717, 1.165) is 6.26 Å². The van der Waals surface area contributed by atoms with Crippen molar-refractivity contribution in [3.63, 3.8) is 0 Å². The molecular weight excluding hydrogens is 138 g/mol. The van der Waals surface area contributed by atoms with Gasteiger partial charge in [0.1, 0.15) is 6.54 Å². The molecule has 0 radical (unpaired) electrons. The highest BCUT2D eigenvalue weighted by Crippen LogP contribution is 1.74. The van der Waals surface area contributed by atoms with Crippen LogP contribution >= 0.6 is 0 Å². The van der Waals surface area contributed by atoms with Crippen molar-refractivity contribution in [1.82, 2.24) is 5.32 Å². The van der Waals surface area contributed by atoms with Gasteiger partial charge in [0.15, 0.2) is 0 Å². The molecule has 0 unspecified atom stereocenters. The molecule has 0 aromatic carbocycles. The minimum atomic E-state index is -1.26. The van der Waals surface area contributed by atoms with Crippen LogP contribution in [0.5, 0.6) is 0 Å². The van der Waals surface area contributed by atoms with Crippen molar-refractivity contribution >= 4 is 12.1 Å². The number of hydrogen-bond donors (Lipinski definition) is 2. The smallest absolute Gasteiger partial charge is 0.405 e. The second-order valence-electron chi connectivity index (χ2n) is 1.32. The van der Waals surface area contributed by atoms with Crippen LogP contribution in [0.4, 0.5) is 4.79 Å². The minimum Gasteiger partial charge on any atom is -0.465 e. The maximum absolute atomic E-state index is 10.3. The average Bonchev–Trinajstić information content (AvgIpc) is 1.85. The van der Waals surface area contributed by atoms with Crippen LogP contribution in [-0.2, 0) is 9.53 Å². The summed E-state index contributed by atoms with van der Waals surface area (Å²) in [5.74, 6) is -0.683. The molecule has 0 heterocycles. The molecule has 2 N–H and O–H groups in total. The first-order valence-electron chi connectivity index (χ1n) is 2.44. The van der Waals surface area contributed by atoms with Gasteiger partial charge in [0.25, 0.3) is 0 Å². The van der Waals surface area contributed by atoms with Crippen LogP contribution < -0.4 is 5.32 Å². The van der Waals surface area contributed by atoms with Crippen molar-refractivity contribution < 1.29 is 19.4 Å². The highest BCUT2D eigenvalue weighted by molar-refractivity contribution is 5.77. The lowest BCUT2D eigenvalue weighted by Gasteiger charge is -1.96. The van der Waals surface area contributed by atoms with E-state index >= 15 is 0 Å². The van der Waals surface area contributed by atoms with Crippen molar-refractivity contribution in [2.75, 3.05) is 6.54 Å². The van der Waals surface area contributed by atoms with Gasteiger partial charge in [-0.3, -0.25) is 0 Å². The van der Waals surface area contributed by atoms with E-state index in [-0.39, 0.29) is 6.54 Å². The van der Waals surface area contributed by atoms with Gasteiger partial charge in [-0.05, 0) is 0 Å². The van der Waals surface area contributed by atoms with E-state index in [1.165, 1.54) is 0 Å². The van der Waals surface area contributed by atoms with E-state index in [4.69, 9.17) is 5.11 Å². The summed E-state index contributed by atoms with van der Waals surface area (Å²) in [4.78, 5) is 20.1. The Morgan fingerprint density at radius 3 is 2.70 bits per heavy atom. The summed E-state index contributed by atoms with van der Waals surface area (Å²) in [6.45, 7) is 2.75. The topological polar surface area (TPSA) is 75.6 Å². The molecule has 0 bridgehead atoms. The van der Waals surface area contributed by atoms with Crippen LogP contribution in [0, 0.1) is 0 Å². The van der Waals surface area contributed by atoms with E-state index in [1.807, 2.05) is 5.32 Å². The third-order valence-corrected chi connectivity index (χ3v) is 0.599.